The molecule has 0 spiro atoms. The molecule has 1 atom stereocenters. The minimum absolute atomic E-state index is 0.860. The number of para-hydroxylation sites is 1. The van der Waals surface area contributed by atoms with Gasteiger partial charge in [0.2, 0.25) is 0 Å². The van der Waals surface area contributed by atoms with Crippen LogP contribution in [-0.4, -0.2) is 6.61 Å². The lowest BCUT2D eigenvalue weighted by Crippen LogP contribution is -1.85. The fourth-order valence-corrected chi connectivity index (χ4v) is 1.12. The number of hydrogen-bond acceptors (Lipinski definition) is 2. The van der Waals surface area contributed by atoms with Gasteiger partial charge in [-0.25, -0.2) is 0 Å². The van der Waals surface area contributed by atoms with Crippen molar-refractivity contribution in [3.8, 4) is 5.75 Å². The highest BCUT2D eigenvalue weighted by Crippen LogP contribution is 2.23. The summed E-state index contributed by atoms with van der Waals surface area (Å²) in [6.07, 6.45) is 1.08. The van der Waals surface area contributed by atoms with Crippen molar-refractivity contribution in [3.63, 3.8) is 0 Å². The Bertz CT molecular complexity index is 214. The van der Waals surface area contributed by atoms with Gasteiger partial charge in [-0.05, 0) is 11.6 Å². The number of rotatable bonds is 0. The van der Waals surface area contributed by atoms with Gasteiger partial charge >= 0.3 is 9.12 Å². The van der Waals surface area contributed by atoms with Crippen molar-refractivity contribution in [2.45, 2.75) is 6.42 Å². The van der Waals surface area contributed by atoms with E-state index < -0.39 is 0 Å². The summed E-state index contributed by atoms with van der Waals surface area (Å²) in [6.45, 7) is 0.860. The minimum Gasteiger partial charge on any atom is -0.493 e. The summed E-state index contributed by atoms with van der Waals surface area (Å²) in [5, 5.41) is 0. The van der Waals surface area contributed by atoms with Crippen LogP contribution < -0.4 is 4.74 Å². The molecule has 0 aliphatic carbocycles. The average Bonchev–Trinajstić information content (AvgIpc) is 2.55. The highest BCUT2D eigenvalue weighted by atomic mass is 31.0. The van der Waals surface area contributed by atoms with Crippen molar-refractivity contribution in [3.05, 3.63) is 29.8 Å². The molecule has 1 heterocycles. The first-order valence-corrected chi connectivity index (χ1v) is 3.88. The smallest absolute Gasteiger partial charge is 0.310 e. The molecule has 2 nitrogen and oxygen atoms in total. The Morgan fingerprint density at radius 3 is 2.73 bits per heavy atom. The summed E-state index contributed by atoms with van der Waals surface area (Å²) in [4.78, 5) is 0. The summed E-state index contributed by atoms with van der Waals surface area (Å²) in [5.74, 6) is 1.07. The van der Waals surface area contributed by atoms with Crippen LogP contribution in [0.5, 0.6) is 5.75 Å². The zero-order valence-electron chi connectivity index (χ0n) is 6.12. The maximum absolute atomic E-state index is 8.17. The third kappa shape index (κ3) is 1.78. The van der Waals surface area contributed by atoms with E-state index in [0.29, 0.717) is 0 Å². The molecule has 0 radical (unpaired) electrons. The van der Waals surface area contributed by atoms with Gasteiger partial charge in [0.15, 0.2) is 0 Å². The first kappa shape index (κ1) is 8.22. The predicted octanol–water partition coefficient (Wildman–Crippen LogP) is 1.83. The van der Waals surface area contributed by atoms with Crippen LogP contribution in [0.2, 0.25) is 0 Å². The van der Waals surface area contributed by atoms with Crippen LogP contribution in [0.25, 0.3) is 0 Å². The van der Waals surface area contributed by atoms with E-state index >= 15 is 0 Å². The Kier molecular flexibility index (Phi) is 3.06. The van der Waals surface area contributed by atoms with Crippen LogP contribution in [0.15, 0.2) is 24.3 Å². The van der Waals surface area contributed by atoms with E-state index in [0.717, 1.165) is 18.8 Å². The molecular weight excluding hydrogens is 159 g/mol. The van der Waals surface area contributed by atoms with Crippen LogP contribution in [-0.2, 0) is 11.0 Å². The average molecular weight is 169 g/mol. The zero-order valence-corrected chi connectivity index (χ0v) is 7.27. The molecule has 3 heteroatoms. The van der Waals surface area contributed by atoms with E-state index in [-0.39, 0.29) is 0 Å². The van der Waals surface area contributed by atoms with Gasteiger partial charge in [0.1, 0.15) is 5.75 Å². The molecule has 0 fully saturated rings. The van der Waals surface area contributed by atoms with Gasteiger partial charge in [0, 0.05) is 6.42 Å². The molecule has 0 saturated heterocycles. The van der Waals surface area contributed by atoms with Crippen LogP contribution >= 0.6 is 9.12 Å². The lowest BCUT2D eigenvalue weighted by molar-refractivity contribution is 0.357. The topological polar surface area (TPSA) is 26.3 Å². The summed E-state index contributed by atoms with van der Waals surface area (Å²) in [6, 6.07) is 8.18. The van der Waals surface area contributed by atoms with E-state index in [1.165, 1.54) is 14.7 Å². The van der Waals surface area contributed by atoms with Gasteiger partial charge < -0.3 is 4.74 Å². The Morgan fingerprint density at radius 1 is 1.27 bits per heavy atom. The van der Waals surface area contributed by atoms with Crippen molar-refractivity contribution in [1.82, 2.24) is 0 Å². The first-order chi connectivity index (χ1) is 5.47. The fraction of sp³-hybridized carbons (Fsp3) is 0.250. The lowest BCUT2D eigenvalue weighted by atomic mass is 10.2. The SMILES string of the molecule is O=[PH2+].c1ccc2c(c1)CCO2. The van der Waals surface area contributed by atoms with Crippen molar-refractivity contribution in [2.75, 3.05) is 6.61 Å². The van der Waals surface area contributed by atoms with Gasteiger partial charge in [-0.1, -0.05) is 22.8 Å². The quantitative estimate of drug-likeness (QED) is 0.554. The molecule has 1 aliphatic heterocycles. The zero-order chi connectivity index (χ0) is 8.10. The van der Waals surface area contributed by atoms with Crippen LogP contribution in [0, 0.1) is 0 Å². The van der Waals surface area contributed by atoms with Gasteiger partial charge in [0.05, 0.1) is 6.61 Å². The largest absolute Gasteiger partial charge is 0.493 e. The second-order valence-electron chi connectivity index (χ2n) is 2.21. The third-order valence-corrected chi connectivity index (χ3v) is 1.60. The molecule has 0 amide bonds. The molecule has 2 rings (SSSR count). The van der Waals surface area contributed by atoms with Gasteiger partial charge in [0.25, 0.3) is 0 Å². The van der Waals surface area contributed by atoms with Crippen LogP contribution in [0.4, 0.5) is 0 Å². The molecule has 1 aliphatic rings. The molecule has 1 unspecified atom stereocenters. The number of benzene rings is 1. The van der Waals surface area contributed by atoms with Crippen LogP contribution in [0.3, 0.4) is 0 Å². The molecule has 0 aromatic heterocycles. The summed E-state index contributed by atoms with van der Waals surface area (Å²) in [7, 11) is 1.17. The summed E-state index contributed by atoms with van der Waals surface area (Å²) >= 11 is 0. The second kappa shape index (κ2) is 4.09. The molecular formula is C8H10O2P+. The van der Waals surface area contributed by atoms with E-state index in [9.17, 15) is 0 Å². The van der Waals surface area contributed by atoms with Gasteiger partial charge in [-0.3, -0.25) is 0 Å². The third-order valence-electron chi connectivity index (χ3n) is 1.60. The second-order valence-corrected chi connectivity index (χ2v) is 2.21. The minimum atomic E-state index is 0.860. The monoisotopic (exact) mass is 169 g/mol. The molecule has 1 aromatic rings. The maximum atomic E-state index is 8.17. The van der Waals surface area contributed by atoms with Crippen molar-refractivity contribution in [2.24, 2.45) is 0 Å². The normalized spacial score (nSPS) is 12.4. The number of fused-ring (bicyclic) bond motifs is 1. The van der Waals surface area contributed by atoms with E-state index in [2.05, 4.69) is 6.07 Å². The molecule has 11 heavy (non-hydrogen) atoms. The molecule has 1 aromatic carbocycles. The molecule has 0 bridgehead atoms. The highest BCUT2D eigenvalue weighted by molar-refractivity contribution is 7.00. The fourth-order valence-electron chi connectivity index (χ4n) is 1.12. The standard InChI is InChI=1S/C8H8O.H2OP/c1-2-4-8-7(3-1)5-6-9-8;1-2/h1-4H,5-6H2;2H2/q;+1. The summed E-state index contributed by atoms with van der Waals surface area (Å²) < 4.78 is 13.5. The molecule has 58 valence electrons. The Hall–Kier alpha value is -0.880. The van der Waals surface area contributed by atoms with Crippen LogP contribution in [0.1, 0.15) is 5.56 Å². The van der Waals surface area contributed by atoms with E-state index in [4.69, 9.17) is 9.30 Å². The Morgan fingerprint density at radius 2 is 2.00 bits per heavy atom. The van der Waals surface area contributed by atoms with Gasteiger partial charge in [-0.2, -0.15) is 0 Å². The van der Waals surface area contributed by atoms with Crippen molar-refractivity contribution >= 4 is 9.12 Å². The van der Waals surface area contributed by atoms with Crippen molar-refractivity contribution < 1.29 is 9.30 Å². The van der Waals surface area contributed by atoms with Crippen molar-refractivity contribution in [1.29, 1.82) is 0 Å². The molecule has 0 saturated carbocycles. The highest BCUT2D eigenvalue weighted by Gasteiger charge is 2.08. The molecule has 0 N–H and O–H groups in total. The Labute approximate surface area is 67.8 Å². The van der Waals surface area contributed by atoms with E-state index in [1.54, 1.807) is 0 Å². The van der Waals surface area contributed by atoms with Gasteiger partial charge in [-0.15, -0.1) is 0 Å². The predicted molar refractivity (Wildman–Crippen MR) is 46.0 cm³/mol. The number of hydrogen-bond donors (Lipinski definition) is 0. The number of ether oxygens (including phenoxy) is 1. The van der Waals surface area contributed by atoms with E-state index in [1.807, 2.05) is 18.2 Å². The first-order valence-electron chi connectivity index (χ1n) is 3.41. The Balaban J connectivity index is 0.000000281. The maximum Gasteiger partial charge on any atom is 0.310 e. The summed E-state index contributed by atoms with van der Waals surface area (Å²) in [5.41, 5.74) is 1.34. The lowest BCUT2D eigenvalue weighted by Gasteiger charge is -1.93.